The predicted molar refractivity (Wildman–Crippen MR) is 42.1 cm³/mol. The third-order valence-electron chi connectivity index (χ3n) is 1.02. The maximum absolute atomic E-state index is 4.02. The summed E-state index contributed by atoms with van der Waals surface area (Å²) in [4.78, 5) is 3.77. The van der Waals surface area contributed by atoms with E-state index in [1.54, 1.807) is 6.33 Å². The van der Waals surface area contributed by atoms with Gasteiger partial charge in [-0.1, -0.05) is 11.3 Å². The van der Waals surface area contributed by atoms with Gasteiger partial charge in [-0.3, -0.25) is 0 Å². The average molecular weight is 185 g/mol. The van der Waals surface area contributed by atoms with E-state index in [0.717, 1.165) is 0 Å². The van der Waals surface area contributed by atoms with Crippen molar-refractivity contribution in [3.05, 3.63) is 12.7 Å². The highest BCUT2D eigenvalue weighted by atomic mass is 32.2. The van der Waals surface area contributed by atoms with Gasteiger partial charge in [-0.25, -0.2) is 4.98 Å². The SMILES string of the molecule is Sc1nnc(-n2cncn2)s1. The van der Waals surface area contributed by atoms with Crippen molar-refractivity contribution in [2.24, 2.45) is 0 Å². The zero-order valence-corrected chi connectivity index (χ0v) is 6.96. The van der Waals surface area contributed by atoms with Crippen LogP contribution in [0.15, 0.2) is 17.0 Å². The Morgan fingerprint density at radius 2 is 2.36 bits per heavy atom. The van der Waals surface area contributed by atoms with Crippen LogP contribution in [0.5, 0.6) is 0 Å². The molecule has 56 valence electrons. The largest absolute Gasteiger partial charge is 0.235 e. The molecule has 2 aromatic rings. The molecule has 0 bridgehead atoms. The van der Waals surface area contributed by atoms with E-state index in [2.05, 4.69) is 32.9 Å². The Morgan fingerprint density at radius 1 is 1.45 bits per heavy atom. The third-order valence-corrected chi connectivity index (χ3v) is 2.10. The lowest BCUT2D eigenvalue weighted by Crippen LogP contribution is -1.92. The standard InChI is InChI=1S/C4H3N5S2/c10-4-8-7-3(11-4)9-2-5-1-6-9/h1-2H,(H,8,10). The third kappa shape index (κ3) is 1.24. The average Bonchev–Trinajstić information content (AvgIpc) is 2.55. The summed E-state index contributed by atoms with van der Waals surface area (Å²) in [5.74, 6) is 0. The second-order valence-electron chi connectivity index (χ2n) is 1.71. The summed E-state index contributed by atoms with van der Waals surface area (Å²) < 4.78 is 2.16. The molecule has 0 saturated heterocycles. The molecule has 0 radical (unpaired) electrons. The Morgan fingerprint density at radius 3 is 2.91 bits per heavy atom. The van der Waals surface area contributed by atoms with E-state index >= 15 is 0 Å². The molecule has 0 saturated carbocycles. The van der Waals surface area contributed by atoms with Gasteiger partial charge in [0.25, 0.3) is 0 Å². The fraction of sp³-hybridized carbons (Fsp3) is 0. The maximum Gasteiger partial charge on any atom is 0.235 e. The van der Waals surface area contributed by atoms with E-state index in [-0.39, 0.29) is 0 Å². The molecule has 0 atom stereocenters. The topological polar surface area (TPSA) is 56.5 Å². The van der Waals surface area contributed by atoms with Gasteiger partial charge in [-0.15, -0.1) is 22.8 Å². The molecule has 0 fully saturated rings. The normalized spacial score (nSPS) is 10.3. The van der Waals surface area contributed by atoms with E-state index in [4.69, 9.17) is 0 Å². The monoisotopic (exact) mass is 185 g/mol. The zero-order chi connectivity index (χ0) is 7.68. The maximum atomic E-state index is 4.02. The van der Waals surface area contributed by atoms with Gasteiger partial charge in [0.1, 0.15) is 12.7 Å². The summed E-state index contributed by atoms with van der Waals surface area (Å²) >= 11 is 5.37. The number of hydrogen-bond donors (Lipinski definition) is 1. The molecule has 0 unspecified atom stereocenters. The molecule has 0 aliphatic rings. The van der Waals surface area contributed by atoms with Crippen LogP contribution in [0.2, 0.25) is 0 Å². The van der Waals surface area contributed by atoms with Crippen molar-refractivity contribution >= 4 is 24.0 Å². The van der Waals surface area contributed by atoms with E-state index < -0.39 is 0 Å². The Labute approximate surface area is 71.5 Å². The van der Waals surface area contributed by atoms with E-state index in [9.17, 15) is 0 Å². The summed E-state index contributed by atoms with van der Waals surface area (Å²) in [5, 5.41) is 12.1. The molecule has 0 spiro atoms. The molecule has 0 N–H and O–H groups in total. The molecule has 2 heterocycles. The molecule has 0 aromatic carbocycles. The van der Waals surface area contributed by atoms with E-state index in [1.165, 1.54) is 22.3 Å². The first-order valence-corrected chi connectivity index (χ1v) is 4.00. The minimum absolute atomic E-state index is 0.621. The second-order valence-corrected chi connectivity index (χ2v) is 3.39. The Hall–Kier alpha value is -0.950. The summed E-state index contributed by atoms with van der Waals surface area (Å²) in [6.07, 6.45) is 3.01. The fourth-order valence-corrected chi connectivity index (χ4v) is 1.41. The molecule has 2 aromatic heterocycles. The van der Waals surface area contributed by atoms with Crippen molar-refractivity contribution in [1.29, 1.82) is 0 Å². The molecular formula is C4H3N5S2. The Bertz CT molecular complexity index is 339. The molecule has 0 aliphatic carbocycles. The summed E-state index contributed by atoms with van der Waals surface area (Å²) in [5.41, 5.74) is 0. The molecule has 5 nitrogen and oxygen atoms in total. The first-order chi connectivity index (χ1) is 5.36. The van der Waals surface area contributed by atoms with Crippen LogP contribution in [0.3, 0.4) is 0 Å². The van der Waals surface area contributed by atoms with Crippen LogP contribution in [0, 0.1) is 0 Å². The number of nitrogens with zero attached hydrogens (tertiary/aromatic N) is 5. The van der Waals surface area contributed by atoms with Gasteiger partial charge >= 0.3 is 0 Å². The van der Waals surface area contributed by atoms with Gasteiger partial charge in [0.05, 0.1) is 0 Å². The summed E-state index contributed by atoms with van der Waals surface area (Å²) in [6, 6.07) is 0. The molecular weight excluding hydrogens is 182 g/mol. The van der Waals surface area contributed by atoms with Crippen LogP contribution in [-0.2, 0) is 0 Å². The van der Waals surface area contributed by atoms with Crippen molar-refractivity contribution in [2.45, 2.75) is 4.34 Å². The lowest BCUT2D eigenvalue weighted by atomic mass is 11.1. The lowest BCUT2D eigenvalue weighted by molar-refractivity contribution is 0.838. The minimum Gasteiger partial charge on any atom is -0.223 e. The van der Waals surface area contributed by atoms with Crippen molar-refractivity contribution in [3.63, 3.8) is 0 Å². The highest BCUT2D eigenvalue weighted by molar-refractivity contribution is 7.82. The van der Waals surface area contributed by atoms with Crippen LogP contribution in [-0.4, -0.2) is 25.0 Å². The van der Waals surface area contributed by atoms with Crippen molar-refractivity contribution in [3.8, 4) is 5.13 Å². The van der Waals surface area contributed by atoms with E-state index in [0.29, 0.717) is 9.47 Å². The van der Waals surface area contributed by atoms with Crippen LogP contribution < -0.4 is 0 Å². The Kier molecular flexibility index (Phi) is 1.59. The van der Waals surface area contributed by atoms with Gasteiger partial charge in [0.2, 0.25) is 5.13 Å². The number of hydrogen-bond acceptors (Lipinski definition) is 6. The van der Waals surface area contributed by atoms with Crippen LogP contribution in [0.1, 0.15) is 0 Å². The van der Waals surface area contributed by atoms with Crippen LogP contribution in [0.4, 0.5) is 0 Å². The smallest absolute Gasteiger partial charge is 0.223 e. The van der Waals surface area contributed by atoms with Gasteiger partial charge < -0.3 is 0 Å². The lowest BCUT2D eigenvalue weighted by Gasteiger charge is -1.86. The molecule has 0 amide bonds. The van der Waals surface area contributed by atoms with Gasteiger partial charge in [0, 0.05) is 0 Å². The predicted octanol–water partition coefficient (Wildman–Crippen LogP) is 0.408. The second kappa shape index (κ2) is 2.59. The highest BCUT2D eigenvalue weighted by Gasteiger charge is 2.02. The van der Waals surface area contributed by atoms with Crippen molar-refractivity contribution in [1.82, 2.24) is 25.0 Å². The summed E-state index contributed by atoms with van der Waals surface area (Å²) in [6.45, 7) is 0. The molecule has 11 heavy (non-hydrogen) atoms. The van der Waals surface area contributed by atoms with E-state index in [1.807, 2.05) is 0 Å². The number of thiol groups is 1. The summed E-state index contributed by atoms with van der Waals surface area (Å²) in [7, 11) is 0. The fourth-order valence-electron chi connectivity index (χ4n) is 0.608. The number of rotatable bonds is 1. The van der Waals surface area contributed by atoms with Crippen molar-refractivity contribution in [2.75, 3.05) is 0 Å². The molecule has 2 rings (SSSR count). The quantitative estimate of drug-likeness (QED) is 0.654. The van der Waals surface area contributed by atoms with Gasteiger partial charge in [-0.05, 0) is 0 Å². The first-order valence-electron chi connectivity index (χ1n) is 2.74. The number of aromatic nitrogens is 5. The zero-order valence-electron chi connectivity index (χ0n) is 5.25. The van der Waals surface area contributed by atoms with Crippen LogP contribution in [0.25, 0.3) is 5.13 Å². The first kappa shape index (κ1) is 6.74. The minimum atomic E-state index is 0.621. The highest BCUT2D eigenvalue weighted by Crippen LogP contribution is 2.15. The van der Waals surface area contributed by atoms with Gasteiger partial charge in [-0.2, -0.15) is 9.78 Å². The molecule has 7 heteroatoms. The van der Waals surface area contributed by atoms with Crippen LogP contribution >= 0.6 is 24.0 Å². The van der Waals surface area contributed by atoms with Gasteiger partial charge in [0.15, 0.2) is 4.34 Å². The Balaban J connectivity index is 2.45. The molecule has 0 aliphatic heterocycles. The van der Waals surface area contributed by atoms with Crippen molar-refractivity contribution < 1.29 is 0 Å².